The van der Waals surface area contributed by atoms with Crippen molar-refractivity contribution < 1.29 is 9.53 Å². The second kappa shape index (κ2) is 10.1. The number of amides is 1. The predicted octanol–water partition coefficient (Wildman–Crippen LogP) is 3.99. The Hall–Kier alpha value is -2.23. The van der Waals surface area contributed by atoms with E-state index in [1.54, 1.807) is 17.2 Å². The van der Waals surface area contributed by atoms with Crippen LogP contribution in [0.1, 0.15) is 50.2 Å². The van der Waals surface area contributed by atoms with E-state index >= 15 is 0 Å². The van der Waals surface area contributed by atoms with Gasteiger partial charge in [0.1, 0.15) is 15.8 Å². The summed E-state index contributed by atoms with van der Waals surface area (Å²) in [5, 5.41) is 3.31. The van der Waals surface area contributed by atoms with Crippen LogP contribution >= 0.6 is 24.0 Å². The van der Waals surface area contributed by atoms with Crippen molar-refractivity contribution in [3.63, 3.8) is 0 Å². The molecule has 0 aromatic carbocycles. The van der Waals surface area contributed by atoms with Crippen molar-refractivity contribution in [2.75, 3.05) is 25.0 Å². The van der Waals surface area contributed by atoms with Gasteiger partial charge in [0.05, 0.1) is 16.6 Å². The summed E-state index contributed by atoms with van der Waals surface area (Å²) < 4.78 is 7.78. The largest absolute Gasteiger partial charge is 0.376 e. The number of thiocarbonyl (C=S) groups is 1. The highest BCUT2D eigenvalue weighted by atomic mass is 32.2. The molecule has 2 aromatic rings. The SMILES string of the molecule is CCCCCN1C(=O)/C(=C\c2c(NCC3CCCO3)nc3c(C)cccn3c2=O)SC1=S. The van der Waals surface area contributed by atoms with Crippen LogP contribution in [0.15, 0.2) is 28.0 Å². The van der Waals surface area contributed by atoms with Gasteiger partial charge in [-0.15, -0.1) is 0 Å². The van der Waals surface area contributed by atoms with Gasteiger partial charge in [-0.1, -0.05) is 49.8 Å². The lowest BCUT2D eigenvalue weighted by Crippen LogP contribution is -2.29. The van der Waals surface area contributed by atoms with E-state index < -0.39 is 0 Å². The van der Waals surface area contributed by atoms with Gasteiger partial charge in [0.2, 0.25) is 0 Å². The number of nitrogens with one attached hydrogen (secondary N) is 1. The molecule has 0 bridgehead atoms. The van der Waals surface area contributed by atoms with Crippen LogP contribution in [0.3, 0.4) is 0 Å². The van der Waals surface area contributed by atoms with Crippen LogP contribution in [0.25, 0.3) is 11.7 Å². The molecule has 0 spiro atoms. The quantitative estimate of drug-likeness (QED) is 0.354. The molecular weight excluding hydrogens is 444 g/mol. The molecule has 1 unspecified atom stereocenters. The Morgan fingerprint density at radius 1 is 1.38 bits per heavy atom. The number of hydrogen-bond acceptors (Lipinski definition) is 7. The van der Waals surface area contributed by atoms with Crippen LogP contribution in [0, 0.1) is 6.92 Å². The lowest BCUT2D eigenvalue weighted by molar-refractivity contribution is -0.122. The number of fused-ring (bicyclic) bond motifs is 1. The Morgan fingerprint density at radius 3 is 2.97 bits per heavy atom. The maximum atomic E-state index is 13.4. The zero-order valence-electron chi connectivity index (χ0n) is 18.4. The number of unbranched alkanes of at least 4 members (excludes halogenated alkanes) is 2. The molecule has 0 radical (unpaired) electrons. The van der Waals surface area contributed by atoms with E-state index in [0.29, 0.717) is 39.3 Å². The van der Waals surface area contributed by atoms with Gasteiger partial charge in [-0.05, 0) is 43.9 Å². The molecule has 4 rings (SSSR count). The highest BCUT2D eigenvalue weighted by Gasteiger charge is 2.32. The summed E-state index contributed by atoms with van der Waals surface area (Å²) in [6.07, 6.45) is 8.47. The summed E-state index contributed by atoms with van der Waals surface area (Å²) in [5.41, 5.74) is 1.64. The molecule has 0 saturated carbocycles. The molecule has 2 aliphatic rings. The monoisotopic (exact) mass is 472 g/mol. The molecule has 2 aliphatic heterocycles. The minimum Gasteiger partial charge on any atom is -0.376 e. The van der Waals surface area contributed by atoms with Gasteiger partial charge >= 0.3 is 0 Å². The third-order valence-electron chi connectivity index (χ3n) is 5.74. The van der Waals surface area contributed by atoms with E-state index in [-0.39, 0.29) is 17.6 Å². The van der Waals surface area contributed by atoms with Crippen molar-refractivity contribution in [2.24, 2.45) is 0 Å². The molecule has 1 atom stereocenters. The van der Waals surface area contributed by atoms with Crippen LogP contribution in [-0.4, -0.2) is 50.3 Å². The number of rotatable bonds is 8. The van der Waals surface area contributed by atoms with Crippen molar-refractivity contribution in [2.45, 2.75) is 52.1 Å². The number of anilines is 1. The fraction of sp³-hybridized carbons (Fsp3) is 0.478. The number of thioether (sulfide) groups is 1. The minimum atomic E-state index is -0.218. The number of ether oxygens (including phenoxy) is 1. The maximum absolute atomic E-state index is 13.4. The summed E-state index contributed by atoms with van der Waals surface area (Å²) in [5.74, 6) is 0.325. The number of hydrogen-bond donors (Lipinski definition) is 1. The third kappa shape index (κ3) is 4.74. The van der Waals surface area contributed by atoms with Crippen LogP contribution in [0.4, 0.5) is 5.82 Å². The van der Waals surface area contributed by atoms with Gasteiger partial charge in [0, 0.05) is 25.9 Å². The molecule has 7 nitrogen and oxygen atoms in total. The summed E-state index contributed by atoms with van der Waals surface area (Å²) in [7, 11) is 0. The molecule has 170 valence electrons. The van der Waals surface area contributed by atoms with Gasteiger partial charge in [0.25, 0.3) is 11.5 Å². The molecule has 2 aromatic heterocycles. The molecule has 2 fully saturated rings. The first-order valence-electron chi connectivity index (χ1n) is 11.1. The van der Waals surface area contributed by atoms with Crippen molar-refractivity contribution in [1.82, 2.24) is 14.3 Å². The van der Waals surface area contributed by atoms with Crippen LogP contribution in [-0.2, 0) is 9.53 Å². The highest BCUT2D eigenvalue weighted by molar-refractivity contribution is 8.26. The molecule has 4 heterocycles. The van der Waals surface area contributed by atoms with E-state index in [9.17, 15) is 9.59 Å². The van der Waals surface area contributed by atoms with E-state index in [2.05, 4.69) is 12.2 Å². The van der Waals surface area contributed by atoms with Crippen molar-refractivity contribution in [3.05, 3.63) is 44.7 Å². The summed E-state index contributed by atoms with van der Waals surface area (Å²) in [6.45, 7) is 5.97. The van der Waals surface area contributed by atoms with Crippen LogP contribution < -0.4 is 10.9 Å². The number of aryl methyl sites for hydroxylation is 1. The van der Waals surface area contributed by atoms with Crippen LogP contribution in [0.2, 0.25) is 0 Å². The Balaban J connectivity index is 1.70. The number of aromatic nitrogens is 2. The van der Waals surface area contributed by atoms with E-state index in [0.717, 1.165) is 44.3 Å². The molecule has 9 heteroatoms. The van der Waals surface area contributed by atoms with Gasteiger partial charge in [-0.2, -0.15) is 0 Å². The number of carbonyl (C=O) groups is 1. The van der Waals surface area contributed by atoms with Gasteiger partial charge in [-0.3, -0.25) is 18.9 Å². The van der Waals surface area contributed by atoms with E-state index in [4.69, 9.17) is 21.9 Å². The molecule has 1 N–H and O–H groups in total. The van der Waals surface area contributed by atoms with Crippen LogP contribution in [0.5, 0.6) is 0 Å². The normalized spacial score (nSPS) is 20.1. The second-order valence-electron chi connectivity index (χ2n) is 8.12. The smallest absolute Gasteiger partial charge is 0.267 e. The fourth-order valence-electron chi connectivity index (χ4n) is 3.94. The Bertz CT molecular complexity index is 1120. The third-order valence-corrected chi connectivity index (χ3v) is 7.12. The average Bonchev–Trinajstić information content (AvgIpc) is 3.39. The van der Waals surface area contributed by atoms with E-state index in [1.165, 1.54) is 16.2 Å². The van der Waals surface area contributed by atoms with Crippen molar-refractivity contribution >= 4 is 51.7 Å². The van der Waals surface area contributed by atoms with Crippen molar-refractivity contribution in [1.29, 1.82) is 0 Å². The lowest BCUT2D eigenvalue weighted by atomic mass is 10.2. The fourth-order valence-corrected chi connectivity index (χ4v) is 5.23. The van der Waals surface area contributed by atoms with E-state index in [1.807, 2.05) is 19.1 Å². The number of pyridine rings is 1. The summed E-state index contributed by atoms with van der Waals surface area (Å²) in [6, 6.07) is 3.74. The second-order valence-corrected chi connectivity index (χ2v) is 9.80. The van der Waals surface area contributed by atoms with Gasteiger partial charge in [0.15, 0.2) is 0 Å². The van der Waals surface area contributed by atoms with Gasteiger partial charge in [-0.25, -0.2) is 4.98 Å². The highest BCUT2D eigenvalue weighted by Crippen LogP contribution is 2.33. The molecule has 1 amide bonds. The Labute approximate surface area is 197 Å². The minimum absolute atomic E-state index is 0.0942. The average molecular weight is 473 g/mol. The molecule has 32 heavy (non-hydrogen) atoms. The Kier molecular flexibility index (Phi) is 7.27. The first kappa shape index (κ1) is 22.9. The number of nitrogens with zero attached hydrogens (tertiary/aromatic N) is 3. The Morgan fingerprint density at radius 2 is 2.22 bits per heavy atom. The summed E-state index contributed by atoms with van der Waals surface area (Å²) >= 11 is 6.68. The zero-order valence-corrected chi connectivity index (χ0v) is 20.1. The maximum Gasteiger partial charge on any atom is 0.267 e. The molecular formula is C23H28N4O3S2. The first-order chi connectivity index (χ1) is 15.5. The first-order valence-corrected chi connectivity index (χ1v) is 12.3. The van der Waals surface area contributed by atoms with Crippen molar-refractivity contribution in [3.8, 4) is 0 Å². The topological polar surface area (TPSA) is 75.9 Å². The standard InChI is InChI=1S/C23H28N4O3S2/c1-3-4-5-10-27-22(29)18(32-23(27)31)13-17-19(24-14-16-9-7-12-30-16)25-20-15(2)8-6-11-26(20)21(17)28/h6,8,11,13,16,24H,3-5,7,9-10,12,14H2,1-2H3/b18-13+. The molecule has 2 saturated heterocycles. The zero-order chi connectivity index (χ0) is 22.7. The lowest BCUT2D eigenvalue weighted by Gasteiger charge is -2.15. The predicted molar refractivity (Wildman–Crippen MR) is 133 cm³/mol. The summed E-state index contributed by atoms with van der Waals surface area (Å²) in [4.78, 5) is 33.2. The molecule has 0 aliphatic carbocycles. The van der Waals surface area contributed by atoms with Gasteiger partial charge < -0.3 is 10.1 Å². The number of carbonyl (C=O) groups excluding carboxylic acids is 1.